The van der Waals surface area contributed by atoms with Gasteiger partial charge >= 0.3 is 0 Å². The average molecular weight is 439 g/mol. The Kier molecular flexibility index (Phi) is 4.93. The number of hydrogen-bond donors (Lipinski definition) is 2. The molecule has 0 aliphatic carbocycles. The Balaban J connectivity index is 1.31. The monoisotopic (exact) mass is 438 g/mol. The molecule has 1 fully saturated rings. The number of ether oxygens (including phenoxy) is 1. The number of anilines is 3. The Morgan fingerprint density at radius 3 is 2.77 bits per heavy atom. The summed E-state index contributed by atoms with van der Waals surface area (Å²) in [5.74, 6) is 1.54. The summed E-state index contributed by atoms with van der Waals surface area (Å²) >= 11 is 12.6. The van der Waals surface area contributed by atoms with Crippen LogP contribution in [0, 0.1) is 6.92 Å². The fourth-order valence-corrected chi connectivity index (χ4v) is 4.22. The molecule has 2 aromatic heterocycles. The van der Waals surface area contributed by atoms with Crippen LogP contribution in [0.5, 0.6) is 5.75 Å². The van der Waals surface area contributed by atoms with Crippen molar-refractivity contribution < 1.29 is 4.74 Å². The fraction of sp³-hybridized carbons (Fsp3) is 0.174. The Bertz CT molecular complexity index is 1220. The summed E-state index contributed by atoms with van der Waals surface area (Å²) in [7, 11) is 0. The van der Waals surface area contributed by atoms with E-state index >= 15 is 0 Å². The highest BCUT2D eigenvalue weighted by Gasteiger charge is 2.30. The van der Waals surface area contributed by atoms with Crippen molar-refractivity contribution in [3.8, 4) is 5.75 Å². The first-order valence-corrected chi connectivity index (χ1v) is 10.5. The van der Waals surface area contributed by atoms with E-state index in [2.05, 4.69) is 27.1 Å². The number of pyridine rings is 1. The highest BCUT2D eigenvalue weighted by atomic mass is 35.5. The Hall–Kier alpha value is -2.89. The summed E-state index contributed by atoms with van der Waals surface area (Å²) in [6.07, 6.45) is 3.82. The molecular weight excluding hydrogens is 419 g/mol. The van der Waals surface area contributed by atoms with Crippen LogP contribution in [0.25, 0.3) is 10.9 Å². The van der Waals surface area contributed by atoms with Crippen LogP contribution in [0.15, 0.2) is 60.9 Å². The molecule has 0 radical (unpaired) electrons. The molecule has 0 atom stereocenters. The number of aromatic amines is 1. The largest absolute Gasteiger partial charge is 0.485 e. The first-order chi connectivity index (χ1) is 14.6. The van der Waals surface area contributed by atoms with E-state index in [4.69, 9.17) is 27.9 Å². The summed E-state index contributed by atoms with van der Waals surface area (Å²) in [5, 5.41) is 5.75. The lowest BCUT2D eigenvalue weighted by Gasteiger charge is -2.41. The fourth-order valence-electron chi connectivity index (χ4n) is 3.75. The van der Waals surface area contributed by atoms with E-state index in [9.17, 15) is 0 Å². The van der Waals surface area contributed by atoms with Gasteiger partial charge in [0.15, 0.2) is 0 Å². The number of fused-ring (bicyclic) bond motifs is 1. The first kappa shape index (κ1) is 19.1. The quantitative estimate of drug-likeness (QED) is 0.389. The number of benzene rings is 2. The topological polar surface area (TPSA) is 53.2 Å². The van der Waals surface area contributed by atoms with E-state index in [1.807, 2.05) is 60.9 Å². The molecule has 1 saturated heterocycles. The minimum Gasteiger partial charge on any atom is -0.485 e. The molecule has 0 unspecified atom stereocenters. The van der Waals surface area contributed by atoms with Gasteiger partial charge in [0.25, 0.3) is 0 Å². The zero-order valence-corrected chi connectivity index (χ0v) is 17.8. The predicted molar refractivity (Wildman–Crippen MR) is 124 cm³/mol. The van der Waals surface area contributed by atoms with Gasteiger partial charge < -0.3 is 19.9 Å². The zero-order valence-electron chi connectivity index (χ0n) is 16.3. The maximum Gasteiger partial charge on any atom is 0.138 e. The lowest BCUT2D eigenvalue weighted by Crippen LogP contribution is -2.54. The summed E-state index contributed by atoms with van der Waals surface area (Å²) in [5.41, 5.74) is 4.10. The van der Waals surface area contributed by atoms with Crippen LogP contribution in [0.1, 0.15) is 5.56 Å². The molecule has 0 amide bonds. The molecule has 0 spiro atoms. The number of nitrogens with zero attached hydrogens (tertiary/aromatic N) is 2. The van der Waals surface area contributed by atoms with E-state index in [1.54, 1.807) is 0 Å². The third-order valence-electron chi connectivity index (χ3n) is 5.38. The zero-order chi connectivity index (χ0) is 20.7. The van der Waals surface area contributed by atoms with E-state index < -0.39 is 0 Å². The minimum atomic E-state index is 0.114. The molecule has 2 aromatic carbocycles. The number of nitrogens with one attached hydrogen (secondary N) is 2. The molecule has 1 aliphatic rings. The van der Waals surface area contributed by atoms with Gasteiger partial charge in [0.05, 0.1) is 23.1 Å². The van der Waals surface area contributed by atoms with E-state index in [0.717, 1.165) is 52.5 Å². The molecule has 1 aliphatic heterocycles. The van der Waals surface area contributed by atoms with Gasteiger partial charge in [0, 0.05) is 40.2 Å². The Morgan fingerprint density at radius 2 is 1.93 bits per heavy atom. The normalized spacial score (nSPS) is 14.0. The SMILES string of the molecule is Cc1c(N2CC(Oc3ccccc3Cl)C2)ccnc1Nc1cc(Cl)c2cc[nH]c2c1. The van der Waals surface area contributed by atoms with Crippen molar-refractivity contribution in [1.82, 2.24) is 9.97 Å². The summed E-state index contributed by atoms with van der Waals surface area (Å²) in [4.78, 5) is 10.0. The lowest BCUT2D eigenvalue weighted by molar-refractivity contribution is 0.167. The smallest absolute Gasteiger partial charge is 0.138 e. The van der Waals surface area contributed by atoms with Crippen molar-refractivity contribution in [2.24, 2.45) is 0 Å². The van der Waals surface area contributed by atoms with Gasteiger partial charge in [-0.25, -0.2) is 4.98 Å². The van der Waals surface area contributed by atoms with Crippen molar-refractivity contribution in [3.05, 3.63) is 76.5 Å². The van der Waals surface area contributed by atoms with Crippen molar-refractivity contribution >= 4 is 51.3 Å². The molecule has 152 valence electrons. The lowest BCUT2D eigenvalue weighted by atomic mass is 10.1. The summed E-state index contributed by atoms with van der Waals surface area (Å²) < 4.78 is 6.02. The number of para-hydroxylation sites is 1. The van der Waals surface area contributed by atoms with Gasteiger partial charge in [-0.15, -0.1) is 0 Å². The number of rotatable bonds is 5. The molecule has 3 heterocycles. The predicted octanol–water partition coefficient (Wildman–Crippen LogP) is 6.19. The molecular formula is C23H20Cl2N4O. The van der Waals surface area contributed by atoms with E-state index in [-0.39, 0.29) is 6.10 Å². The first-order valence-electron chi connectivity index (χ1n) is 9.74. The highest BCUT2D eigenvalue weighted by molar-refractivity contribution is 6.35. The third kappa shape index (κ3) is 3.55. The van der Waals surface area contributed by atoms with E-state index in [0.29, 0.717) is 10.0 Å². The van der Waals surface area contributed by atoms with Crippen LogP contribution in [-0.4, -0.2) is 29.2 Å². The number of aromatic nitrogens is 2. The number of halogens is 2. The minimum absolute atomic E-state index is 0.114. The van der Waals surface area contributed by atoms with Crippen LogP contribution in [0.4, 0.5) is 17.2 Å². The summed E-state index contributed by atoms with van der Waals surface area (Å²) in [6.45, 7) is 3.67. The van der Waals surface area contributed by atoms with Gasteiger partial charge in [-0.2, -0.15) is 0 Å². The van der Waals surface area contributed by atoms with Crippen molar-refractivity contribution in [2.75, 3.05) is 23.3 Å². The molecule has 7 heteroatoms. The van der Waals surface area contributed by atoms with E-state index in [1.165, 1.54) is 0 Å². The van der Waals surface area contributed by atoms with Crippen LogP contribution >= 0.6 is 23.2 Å². The molecule has 0 saturated carbocycles. The highest BCUT2D eigenvalue weighted by Crippen LogP contribution is 2.34. The van der Waals surface area contributed by atoms with Crippen LogP contribution in [0.2, 0.25) is 10.0 Å². The number of hydrogen-bond acceptors (Lipinski definition) is 4. The maximum atomic E-state index is 6.40. The van der Waals surface area contributed by atoms with Crippen LogP contribution in [0.3, 0.4) is 0 Å². The van der Waals surface area contributed by atoms with Crippen molar-refractivity contribution in [2.45, 2.75) is 13.0 Å². The molecule has 4 aromatic rings. The van der Waals surface area contributed by atoms with Crippen LogP contribution < -0.4 is 15.0 Å². The molecule has 5 rings (SSSR count). The van der Waals surface area contributed by atoms with Gasteiger partial charge in [-0.1, -0.05) is 35.3 Å². The van der Waals surface area contributed by atoms with Crippen LogP contribution in [-0.2, 0) is 0 Å². The Labute approximate surface area is 184 Å². The summed E-state index contributed by atoms with van der Waals surface area (Å²) in [6, 6.07) is 15.5. The van der Waals surface area contributed by atoms with Gasteiger partial charge in [-0.05, 0) is 43.3 Å². The van der Waals surface area contributed by atoms with Crippen molar-refractivity contribution in [3.63, 3.8) is 0 Å². The third-order valence-corrected chi connectivity index (χ3v) is 6.00. The van der Waals surface area contributed by atoms with Gasteiger partial charge in [0.1, 0.15) is 17.7 Å². The second-order valence-electron chi connectivity index (χ2n) is 7.40. The average Bonchev–Trinajstić information content (AvgIpc) is 3.17. The molecule has 5 nitrogen and oxygen atoms in total. The second-order valence-corrected chi connectivity index (χ2v) is 8.22. The Morgan fingerprint density at radius 1 is 1.10 bits per heavy atom. The maximum absolute atomic E-state index is 6.40. The number of H-pyrrole nitrogens is 1. The molecule has 30 heavy (non-hydrogen) atoms. The van der Waals surface area contributed by atoms with Crippen molar-refractivity contribution in [1.29, 1.82) is 0 Å². The molecule has 0 bridgehead atoms. The second kappa shape index (κ2) is 7.74. The standard InChI is InChI=1S/C23H20Cl2N4O/c1-14-21(29-12-16(13-29)30-22-5-3-2-4-18(22)24)7-9-27-23(14)28-15-10-19(25)17-6-8-26-20(17)11-15/h2-11,16,26H,12-13H2,1H3,(H,27,28). The molecule has 2 N–H and O–H groups in total. The van der Waals surface area contributed by atoms with Gasteiger partial charge in [-0.3, -0.25) is 0 Å². The van der Waals surface area contributed by atoms with Gasteiger partial charge in [0.2, 0.25) is 0 Å².